The van der Waals surface area contributed by atoms with Gasteiger partial charge in [0, 0.05) is 18.1 Å². The fourth-order valence-corrected chi connectivity index (χ4v) is 2.44. The van der Waals surface area contributed by atoms with Crippen LogP contribution in [0, 0.1) is 6.92 Å². The first kappa shape index (κ1) is 10.5. The van der Waals surface area contributed by atoms with E-state index < -0.39 is 0 Å². The summed E-state index contributed by atoms with van der Waals surface area (Å²) in [7, 11) is 1.82. The average Bonchev–Trinajstić information content (AvgIpc) is 2.65. The summed E-state index contributed by atoms with van der Waals surface area (Å²) in [6.45, 7) is 2.59. The highest BCUT2D eigenvalue weighted by molar-refractivity contribution is 7.09. The lowest BCUT2D eigenvalue weighted by atomic mass is 10.1. The number of hydrogen-bond donors (Lipinski definition) is 1. The average molecular weight is 226 g/mol. The Labute approximate surface area is 92.7 Å². The second-order valence-electron chi connectivity index (χ2n) is 3.60. The highest BCUT2D eigenvalue weighted by Crippen LogP contribution is 2.22. The molecular formula is C9H14N4OS. The summed E-state index contributed by atoms with van der Waals surface area (Å²) in [4.78, 5) is 17.9. The minimum Gasteiger partial charge on any atom is -0.309 e. The summed E-state index contributed by atoms with van der Waals surface area (Å²) in [5, 5.41) is 3.75. The Kier molecular flexibility index (Phi) is 2.97. The fourth-order valence-electron chi connectivity index (χ4n) is 1.73. The lowest BCUT2D eigenvalue weighted by Crippen LogP contribution is -2.49. The van der Waals surface area contributed by atoms with E-state index in [0.717, 1.165) is 30.3 Å². The van der Waals surface area contributed by atoms with Crippen LogP contribution in [0.1, 0.15) is 18.7 Å². The number of carbonyl (C=O) groups is 1. The second-order valence-corrected chi connectivity index (χ2v) is 4.33. The Morgan fingerprint density at radius 1 is 1.60 bits per heavy atom. The molecule has 0 aliphatic carbocycles. The molecule has 0 radical (unpaired) electrons. The number of hydrogen-bond acceptors (Lipinski definition) is 5. The van der Waals surface area contributed by atoms with Crippen LogP contribution in [0.4, 0.5) is 5.13 Å². The maximum absolute atomic E-state index is 12.0. The van der Waals surface area contributed by atoms with Crippen molar-refractivity contribution in [1.82, 2.24) is 14.7 Å². The number of aryl methyl sites for hydroxylation is 1. The topological polar surface area (TPSA) is 58.1 Å². The zero-order valence-electron chi connectivity index (χ0n) is 8.86. The molecule has 1 unspecified atom stereocenters. The van der Waals surface area contributed by atoms with E-state index in [9.17, 15) is 4.79 Å². The van der Waals surface area contributed by atoms with Gasteiger partial charge in [-0.05, 0) is 26.8 Å². The quantitative estimate of drug-likeness (QED) is 0.800. The first-order valence-corrected chi connectivity index (χ1v) is 5.78. The van der Waals surface area contributed by atoms with E-state index in [1.54, 1.807) is 4.90 Å². The van der Waals surface area contributed by atoms with Gasteiger partial charge in [0.2, 0.25) is 11.0 Å². The molecule has 1 aromatic heterocycles. The molecule has 1 fully saturated rings. The number of nitrogens with one attached hydrogen (secondary N) is 1. The van der Waals surface area contributed by atoms with E-state index in [4.69, 9.17) is 0 Å². The van der Waals surface area contributed by atoms with Crippen LogP contribution in [0.3, 0.4) is 0 Å². The molecule has 5 nitrogen and oxygen atoms in total. The van der Waals surface area contributed by atoms with Crippen LogP contribution in [-0.4, -0.2) is 34.9 Å². The third kappa shape index (κ3) is 2.00. The Bertz CT molecular complexity index is 365. The largest absolute Gasteiger partial charge is 0.309 e. The molecule has 2 heterocycles. The van der Waals surface area contributed by atoms with Crippen LogP contribution >= 0.6 is 11.5 Å². The Balaban J connectivity index is 2.18. The summed E-state index contributed by atoms with van der Waals surface area (Å²) >= 11 is 1.29. The van der Waals surface area contributed by atoms with Crippen molar-refractivity contribution in [2.45, 2.75) is 25.8 Å². The molecule has 1 N–H and O–H groups in total. The molecular weight excluding hydrogens is 212 g/mol. The van der Waals surface area contributed by atoms with Gasteiger partial charge in [0.05, 0.1) is 6.04 Å². The van der Waals surface area contributed by atoms with E-state index in [2.05, 4.69) is 14.7 Å². The predicted octanol–water partition coefficient (Wildman–Crippen LogP) is 0.561. The van der Waals surface area contributed by atoms with Crippen molar-refractivity contribution in [2.24, 2.45) is 0 Å². The monoisotopic (exact) mass is 226 g/mol. The number of rotatable bonds is 2. The molecule has 1 aliphatic heterocycles. The summed E-state index contributed by atoms with van der Waals surface area (Å²) in [6, 6.07) is -0.0667. The number of piperidine rings is 1. The molecule has 1 aliphatic rings. The number of amides is 1. The van der Waals surface area contributed by atoms with E-state index >= 15 is 0 Å². The van der Waals surface area contributed by atoms with E-state index in [0.29, 0.717) is 0 Å². The second kappa shape index (κ2) is 4.24. The van der Waals surface area contributed by atoms with Crippen LogP contribution < -0.4 is 10.2 Å². The van der Waals surface area contributed by atoms with Gasteiger partial charge in [-0.25, -0.2) is 4.98 Å². The minimum atomic E-state index is -0.0667. The van der Waals surface area contributed by atoms with Crippen molar-refractivity contribution in [2.75, 3.05) is 18.5 Å². The molecule has 2 rings (SSSR count). The van der Waals surface area contributed by atoms with Gasteiger partial charge in [0.25, 0.3) is 0 Å². The lowest BCUT2D eigenvalue weighted by molar-refractivity contribution is -0.121. The minimum absolute atomic E-state index is 0.0667. The smallest absolute Gasteiger partial charge is 0.245 e. The van der Waals surface area contributed by atoms with Crippen LogP contribution in [0.15, 0.2) is 0 Å². The highest BCUT2D eigenvalue weighted by Gasteiger charge is 2.30. The number of anilines is 1. The summed E-state index contributed by atoms with van der Waals surface area (Å²) in [5.41, 5.74) is 0. The van der Waals surface area contributed by atoms with Gasteiger partial charge >= 0.3 is 0 Å². The molecule has 15 heavy (non-hydrogen) atoms. The van der Waals surface area contributed by atoms with Crippen molar-refractivity contribution in [3.05, 3.63) is 5.82 Å². The molecule has 82 valence electrons. The Hall–Kier alpha value is -1.01. The zero-order chi connectivity index (χ0) is 10.8. The van der Waals surface area contributed by atoms with Gasteiger partial charge in [-0.1, -0.05) is 0 Å². The molecule has 1 aromatic rings. The third-order valence-electron chi connectivity index (χ3n) is 2.53. The van der Waals surface area contributed by atoms with Crippen LogP contribution in [-0.2, 0) is 4.79 Å². The highest BCUT2D eigenvalue weighted by atomic mass is 32.1. The molecule has 1 amide bonds. The van der Waals surface area contributed by atoms with Gasteiger partial charge < -0.3 is 5.32 Å². The molecule has 0 bridgehead atoms. The lowest BCUT2D eigenvalue weighted by Gasteiger charge is -2.29. The number of carbonyl (C=O) groups excluding carboxylic acids is 1. The maximum atomic E-state index is 12.0. The summed E-state index contributed by atoms with van der Waals surface area (Å²) in [6.07, 6.45) is 1.92. The molecule has 0 aromatic carbocycles. The standard InChI is InChI=1S/C9H14N4OS/c1-6-11-9(15-12-6)13-5-3-4-7(10-2)8(13)14/h7,10H,3-5H2,1-2H3. The van der Waals surface area contributed by atoms with Crippen LogP contribution in [0.5, 0.6) is 0 Å². The van der Waals surface area contributed by atoms with E-state index in [1.165, 1.54) is 11.5 Å². The van der Waals surface area contributed by atoms with Crippen molar-refractivity contribution in [3.8, 4) is 0 Å². The molecule has 0 saturated carbocycles. The van der Waals surface area contributed by atoms with E-state index in [-0.39, 0.29) is 11.9 Å². The molecule has 1 saturated heterocycles. The van der Waals surface area contributed by atoms with Gasteiger partial charge in [0.1, 0.15) is 5.82 Å². The van der Waals surface area contributed by atoms with Crippen LogP contribution in [0.25, 0.3) is 0 Å². The van der Waals surface area contributed by atoms with Gasteiger partial charge in [-0.15, -0.1) is 0 Å². The summed E-state index contributed by atoms with van der Waals surface area (Å²) in [5.74, 6) is 0.842. The van der Waals surface area contributed by atoms with Crippen LogP contribution in [0.2, 0.25) is 0 Å². The number of likely N-dealkylation sites (N-methyl/N-ethyl adjacent to an activating group) is 1. The van der Waals surface area contributed by atoms with Crippen molar-refractivity contribution in [1.29, 1.82) is 0 Å². The fraction of sp³-hybridized carbons (Fsp3) is 0.667. The zero-order valence-corrected chi connectivity index (χ0v) is 9.67. The Morgan fingerprint density at radius 2 is 2.40 bits per heavy atom. The number of nitrogens with zero attached hydrogens (tertiary/aromatic N) is 3. The first-order valence-electron chi connectivity index (χ1n) is 5.01. The van der Waals surface area contributed by atoms with Crippen molar-refractivity contribution < 1.29 is 4.79 Å². The third-order valence-corrected chi connectivity index (χ3v) is 3.37. The SMILES string of the molecule is CNC1CCCN(c2nc(C)ns2)C1=O. The van der Waals surface area contributed by atoms with Gasteiger partial charge in [0.15, 0.2) is 0 Å². The summed E-state index contributed by atoms with van der Waals surface area (Å²) < 4.78 is 4.09. The Morgan fingerprint density at radius 3 is 3.00 bits per heavy atom. The van der Waals surface area contributed by atoms with Gasteiger partial charge in [-0.3, -0.25) is 9.69 Å². The van der Waals surface area contributed by atoms with Gasteiger partial charge in [-0.2, -0.15) is 4.37 Å². The molecule has 6 heteroatoms. The molecule has 1 atom stereocenters. The molecule has 0 spiro atoms. The van der Waals surface area contributed by atoms with Crippen molar-refractivity contribution >= 4 is 22.6 Å². The first-order chi connectivity index (χ1) is 7.22. The van der Waals surface area contributed by atoms with Crippen molar-refractivity contribution in [3.63, 3.8) is 0 Å². The normalized spacial score (nSPS) is 22.1. The maximum Gasteiger partial charge on any atom is 0.245 e. The number of aromatic nitrogens is 2. The van der Waals surface area contributed by atoms with E-state index in [1.807, 2.05) is 14.0 Å². The predicted molar refractivity (Wildman–Crippen MR) is 59.1 cm³/mol.